The van der Waals surface area contributed by atoms with Crippen LogP contribution in [-0.4, -0.2) is 24.2 Å². The minimum atomic E-state index is 0.466. The Labute approximate surface area is 122 Å². The maximum atomic E-state index is 5.96. The summed E-state index contributed by atoms with van der Waals surface area (Å²) < 4.78 is 5.73. The van der Waals surface area contributed by atoms with E-state index >= 15 is 0 Å². The van der Waals surface area contributed by atoms with Gasteiger partial charge < -0.3 is 15.4 Å². The zero-order valence-electron chi connectivity index (χ0n) is 13.1. The summed E-state index contributed by atoms with van der Waals surface area (Å²) in [6.45, 7) is 10.5. The van der Waals surface area contributed by atoms with Crippen molar-refractivity contribution in [1.29, 1.82) is 0 Å². The highest BCUT2D eigenvalue weighted by atomic mass is 16.5. The van der Waals surface area contributed by atoms with Gasteiger partial charge in [-0.3, -0.25) is 0 Å². The molecule has 20 heavy (non-hydrogen) atoms. The fourth-order valence-electron chi connectivity index (χ4n) is 2.57. The van der Waals surface area contributed by atoms with E-state index in [1.54, 1.807) is 0 Å². The van der Waals surface area contributed by atoms with Crippen LogP contribution in [0.25, 0.3) is 0 Å². The molecule has 2 N–H and O–H groups in total. The van der Waals surface area contributed by atoms with Gasteiger partial charge in [-0.2, -0.15) is 4.98 Å². The van der Waals surface area contributed by atoms with Crippen LogP contribution in [0.4, 0.5) is 11.5 Å². The van der Waals surface area contributed by atoms with Crippen LogP contribution in [0, 0.1) is 11.8 Å². The lowest BCUT2D eigenvalue weighted by Gasteiger charge is -2.37. The quantitative estimate of drug-likeness (QED) is 0.917. The van der Waals surface area contributed by atoms with Crippen LogP contribution in [0.3, 0.4) is 0 Å². The molecule has 2 heterocycles. The van der Waals surface area contributed by atoms with Crippen LogP contribution in [0.2, 0.25) is 0 Å². The molecule has 1 aliphatic heterocycles. The number of anilines is 2. The molecule has 2 rings (SSSR count). The zero-order chi connectivity index (χ0) is 14.7. The minimum absolute atomic E-state index is 0.466. The largest absolute Gasteiger partial charge is 0.476 e. The summed E-state index contributed by atoms with van der Waals surface area (Å²) in [7, 11) is 0. The molecule has 0 spiro atoms. The molecule has 2 atom stereocenters. The lowest BCUT2D eigenvalue weighted by Crippen LogP contribution is -2.41. The van der Waals surface area contributed by atoms with Crippen LogP contribution in [0.5, 0.6) is 5.88 Å². The highest BCUT2D eigenvalue weighted by Gasteiger charge is 2.24. The van der Waals surface area contributed by atoms with E-state index in [9.17, 15) is 0 Å². The number of rotatable bonds is 4. The molecular weight excluding hydrogens is 250 g/mol. The van der Waals surface area contributed by atoms with Gasteiger partial charge >= 0.3 is 0 Å². The first-order valence-electron chi connectivity index (χ1n) is 7.63. The van der Waals surface area contributed by atoms with Gasteiger partial charge in [0.15, 0.2) is 0 Å². The van der Waals surface area contributed by atoms with Gasteiger partial charge in [-0.05, 0) is 43.7 Å². The molecule has 1 aliphatic rings. The summed E-state index contributed by atoms with van der Waals surface area (Å²) in [5.74, 6) is 2.73. The molecule has 0 amide bonds. The lowest BCUT2D eigenvalue weighted by atomic mass is 9.95. The van der Waals surface area contributed by atoms with Crippen molar-refractivity contribution in [2.24, 2.45) is 11.8 Å². The Morgan fingerprint density at radius 3 is 2.80 bits per heavy atom. The van der Waals surface area contributed by atoms with Crippen molar-refractivity contribution < 1.29 is 4.74 Å². The van der Waals surface area contributed by atoms with Gasteiger partial charge in [-0.15, -0.1) is 0 Å². The van der Waals surface area contributed by atoms with Gasteiger partial charge in [-0.1, -0.05) is 20.8 Å². The van der Waals surface area contributed by atoms with Gasteiger partial charge in [-0.25, -0.2) is 0 Å². The highest BCUT2D eigenvalue weighted by Crippen LogP contribution is 2.29. The van der Waals surface area contributed by atoms with Crippen molar-refractivity contribution in [2.45, 2.75) is 46.6 Å². The number of nitrogen functional groups attached to an aromatic ring is 1. The zero-order valence-corrected chi connectivity index (χ0v) is 13.1. The number of hydrogen-bond acceptors (Lipinski definition) is 4. The van der Waals surface area contributed by atoms with Crippen molar-refractivity contribution in [2.75, 3.05) is 23.8 Å². The first-order valence-corrected chi connectivity index (χ1v) is 7.63. The molecule has 0 aliphatic carbocycles. The molecule has 0 bridgehead atoms. The first kappa shape index (κ1) is 14.9. The summed E-state index contributed by atoms with van der Waals surface area (Å²) in [5, 5.41) is 0. The smallest absolute Gasteiger partial charge is 0.239 e. The van der Waals surface area contributed by atoms with Crippen LogP contribution < -0.4 is 15.4 Å². The third-order valence-electron chi connectivity index (χ3n) is 3.84. The van der Waals surface area contributed by atoms with Crippen molar-refractivity contribution in [3.8, 4) is 5.88 Å². The number of nitrogens with two attached hydrogens (primary N) is 1. The Kier molecular flexibility index (Phi) is 4.73. The molecule has 0 saturated carbocycles. The molecule has 0 radical (unpaired) electrons. The molecule has 0 aromatic carbocycles. The Morgan fingerprint density at radius 2 is 2.10 bits per heavy atom. The first-order chi connectivity index (χ1) is 9.47. The predicted octanol–water partition coefficient (Wildman–Crippen LogP) is 3.32. The number of hydrogen-bond donors (Lipinski definition) is 1. The topological polar surface area (TPSA) is 51.4 Å². The Balaban J connectivity index is 2.17. The molecule has 4 nitrogen and oxygen atoms in total. The normalized spacial score (nSPS) is 23.1. The second kappa shape index (κ2) is 6.33. The van der Waals surface area contributed by atoms with E-state index in [-0.39, 0.29) is 0 Å². The fourth-order valence-corrected chi connectivity index (χ4v) is 2.57. The van der Waals surface area contributed by atoms with E-state index in [0.29, 0.717) is 36.1 Å². The predicted molar refractivity (Wildman–Crippen MR) is 84.2 cm³/mol. The molecule has 4 heteroatoms. The Hall–Kier alpha value is -1.45. The summed E-state index contributed by atoms with van der Waals surface area (Å²) in [4.78, 5) is 7.00. The van der Waals surface area contributed by atoms with Gasteiger partial charge in [0.05, 0.1) is 12.3 Å². The van der Waals surface area contributed by atoms with Crippen LogP contribution >= 0.6 is 0 Å². The molecular formula is C16H27N3O. The monoisotopic (exact) mass is 277 g/mol. The molecule has 1 fully saturated rings. The maximum Gasteiger partial charge on any atom is 0.239 e. The number of aromatic nitrogens is 1. The van der Waals surface area contributed by atoms with Gasteiger partial charge in [0.1, 0.15) is 5.82 Å². The average molecular weight is 277 g/mol. The average Bonchev–Trinajstić information content (AvgIpc) is 2.40. The Bertz CT molecular complexity index is 447. The minimum Gasteiger partial charge on any atom is -0.476 e. The van der Waals surface area contributed by atoms with Crippen LogP contribution in [0.15, 0.2) is 12.1 Å². The Morgan fingerprint density at radius 1 is 1.35 bits per heavy atom. The molecule has 112 valence electrons. The second-order valence-electron chi connectivity index (χ2n) is 6.45. The maximum absolute atomic E-state index is 5.96. The van der Waals surface area contributed by atoms with E-state index in [0.717, 1.165) is 12.4 Å². The van der Waals surface area contributed by atoms with Crippen molar-refractivity contribution in [3.63, 3.8) is 0 Å². The number of piperidine rings is 1. The second-order valence-corrected chi connectivity index (χ2v) is 6.45. The third kappa shape index (κ3) is 3.56. The highest BCUT2D eigenvalue weighted by molar-refractivity contribution is 5.55. The SMILES string of the molecule is CC(C)COc1nc(N2CC(C)CCC2C)ccc1N. The van der Waals surface area contributed by atoms with Gasteiger partial charge in [0.25, 0.3) is 0 Å². The van der Waals surface area contributed by atoms with Crippen molar-refractivity contribution in [1.82, 2.24) is 4.98 Å². The number of ether oxygens (including phenoxy) is 1. The number of pyridine rings is 1. The van der Waals surface area contributed by atoms with Gasteiger partial charge in [0.2, 0.25) is 5.88 Å². The molecule has 1 aromatic heterocycles. The van der Waals surface area contributed by atoms with E-state index < -0.39 is 0 Å². The van der Waals surface area contributed by atoms with E-state index in [2.05, 4.69) is 37.6 Å². The third-order valence-corrected chi connectivity index (χ3v) is 3.84. The van der Waals surface area contributed by atoms with Crippen LogP contribution in [0.1, 0.15) is 40.5 Å². The fraction of sp³-hybridized carbons (Fsp3) is 0.688. The molecule has 2 unspecified atom stereocenters. The number of nitrogens with zero attached hydrogens (tertiary/aromatic N) is 2. The standard InChI is InChI=1S/C16H27N3O/c1-11(2)10-20-16-14(17)7-8-15(18-16)19-9-12(3)5-6-13(19)4/h7-8,11-13H,5-6,9-10,17H2,1-4H3. The summed E-state index contributed by atoms with van der Waals surface area (Å²) in [5.41, 5.74) is 6.58. The van der Waals surface area contributed by atoms with Crippen molar-refractivity contribution in [3.05, 3.63) is 12.1 Å². The summed E-state index contributed by atoms with van der Waals surface area (Å²) in [6, 6.07) is 4.44. The lowest BCUT2D eigenvalue weighted by molar-refractivity contribution is 0.262. The summed E-state index contributed by atoms with van der Waals surface area (Å²) in [6.07, 6.45) is 2.51. The van der Waals surface area contributed by atoms with Gasteiger partial charge in [0, 0.05) is 12.6 Å². The summed E-state index contributed by atoms with van der Waals surface area (Å²) >= 11 is 0. The van der Waals surface area contributed by atoms with E-state index in [4.69, 9.17) is 10.5 Å². The van der Waals surface area contributed by atoms with Crippen molar-refractivity contribution >= 4 is 11.5 Å². The van der Waals surface area contributed by atoms with E-state index in [1.165, 1.54) is 12.8 Å². The van der Waals surface area contributed by atoms with E-state index in [1.807, 2.05) is 12.1 Å². The van der Waals surface area contributed by atoms with Crippen LogP contribution in [-0.2, 0) is 0 Å². The molecule has 1 aromatic rings. The molecule has 1 saturated heterocycles.